The van der Waals surface area contributed by atoms with Gasteiger partial charge in [0.15, 0.2) is 0 Å². The largest absolute Gasteiger partial charge is 0.380 e. The van der Waals surface area contributed by atoms with Gasteiger partial charge in [0.1, 0.15) is 0 Å². The summed E-state index contributed by atoms with van der Waals surface area (Å²) in [5.74, 6) is 2.39. The third-order valence-corrected chi connectivity index (χ3v) is 2.20. The van der Waals surface area contributed by atoms with Crippen LogP contribution in [-0.2, 0) is 4.74 Å². The van der Waals surface area contributed by atoms with Crippen LogP contribution in [0.25, 0.3) is 0 Å². The first-order valence-corrected chi connectivity index (χ1v) is 4.50. The van der Waals surface area contributed by atoms with Crippen molar-refractivity contribution in [2.75, 3.05) is 19.1 Å². The van der Waals surface area contributed by atoms with Crippen molar-refractivity contribution in [3.63, 3.8) is 0 Å². The zero-order valence-corrected chi connectivity index (χ0v) is 7.23. The normalized spacial score (nSPS) is 31.8. The molecular formula is C8H15ClO. The number of hydrogen-bond donors (Lipinski definition) is 0. The molecule has 60 valence electrons. The minimum Gasteiger partial charge on any atom is -0.380 e. The Morgan fingerprint density at radius 1 is 1.50 bits per heavy atom. The van der Waals surface area contributed by atoms with Gasteiger partial charge in [-0.1, -0.05) is 6.92 Å². The first kappa shape index (κ1) is 8.35. The zero-order valence-electron chi connectivity index (χ0n) is 6.48. The predicted molar refractivity (Wildman–Crippen MR) is 43.4 cm³/mol. The highest BCUT2D eigenvalue weighted by Gasteiger charge is 2.24. The second kappa shape index (κ2) is 4.20. The van der Waals surface area contributed by atoms with Crippen molar-refractivity contribution in [2.45, 2.75) is 19.8 Å². The van der Waals surface area contributed by atoms with E-state index in [-0.39, 0.29) is 0 Å². The number of hydrogen-bond acceptors (Lipinski definition) is 1. The Labute approximate surface area is 67.7 Å². The second-order valence-electron chi connectivity index (χ2n) is 3.21. The van der Waals surface area contributed by atoms with E-state index in [0.29, 0.717) is 12.5 Å². The number of halogens is 1. The molecule has 0 bridgehead atoms. The van der Waals surface area contributed by atoms with Crippen LogP contribution in [0.3, 0.4) is 0 Å². The first-order chi connectivity index (χ1) is 4.83. The summed E-state index contributed by atoms with van der Waals surface area (Å²) in [5, 5.41) is 0. The number of alkyl halides is 1. The van der Waals surface area contributed by atoms with E-state index in [1.807, 2.05) is 0 Å². The first-order valence-electron chi connectivity index (χ1n) is 3.96. The van der Waals surface area contributed by atoms with Gasteiger partial charge in [0.25, 0.3) is 0 Å². The van der Waals surface area contributed by atoms with Crippen molar-refractivity contribution >= 4 is 11.6 Å². The molecule has 10 heavy (non-hydrogen) atoms. The van der Waals surface area contributed by atoms with Crippen molar-refractivity contribution < 1.29 is 4.74 Å². The van der Waals surface area contributed by atoms with Gasteiger partial charge in [0.2, 0.25) is 0 Å². The molecular weight excluding hydrogens is 148 g/mol. The van der Waals surface area contributed by atoms with E-state index < -0.39 is 0 Å². The fourth-order valence-electron chi connectivity index (χ4n) is 1.51. The molecule has 0 unspecified atom stereocenters. The minimum absolute atomic E-state index is 0.627. The maximum Gasteiger partial charge on any atom is 0.0601 e. The summed E-state index contributed by atoms with van der Waals surface area (Å²) in [6.07, 6.45) is 2.70. The lowest BCUT2D eigenvalue weighted by molar-refractivity contribution is 0.0560. The van der Waals surface area contributed by atoms with E-state index in [1.165, 1.54) is 12.8 Å². The highest BCUT2D eigenvalue weighted by molar-refractivity contribution is 6.17. The molecule has 0 heterocycles. The van der Waals surface area contributed by atoms with E-state index >= 15 is 0 Å². The van der Waals surface area contributed by atoms with E-state index in [0.717, 1.165) is 18.4 Å². The van der Waals surface area contributed by atoms with Crippen LogP contribution in [-0.4, -0.2) is 19.1 Å². The average Bonchev–Trinajstić information content (AvgIpc) is 1.85. The van der Waals surface area contributed by atoms with Gasteiger partial charge in [-0.3, -0.25) is 0 Å². The molecule has 1 rings (SSSR count). The zero-order chi connectivity index (χ0) is 7.40. The maximum atomic E-state index is 5.45. The van der Waals surface area contributed by atoms with Crippen molar-refractivity contribution in [1.29, 1.82) is 0 Å². The second-order valence-corrected chi connectivity index (χ2v) is 3.58. The van der Waals surface area contributed by atoms with Gasteiger partial charge in [-0.15, -0.1) is 11.6 Å². The van der Waals surface area contributed by atoms with Crippen LogP contribution in [0.4, 0.5) is 0 Å². The lowest BCUT2D eigenvalue weighted by Gasteiger charge is -2.32. The average molecular weight is 163 g/mol. The molecule has 0 N–H and O–H groups in total. The molecule has 1 aliphatic carbocycles. The van der Waals surface area contributed by atoms with Crippen molar-refractivity contribution in [1.82, 2.24) is 0 Å². The fraction of sp³-hybridized carbons (Fsp3) is 1.00. The smallest absolute Gasteiger partial charge is 0.0601 e. The molecule has 2 heteroatoms. The van der Waals surface area contributed by atoms with Gasteiger partial charge in [0, 0.05) is 12.5 Å². The Hall–Kier alpha value is 0.250. The molecule has 0 spiro atoms. The molecule has 0 atom stereocenters. The van der Waals surface area contributed by atoms with Crippen LogP contribution >= 0.6 is 11.6 Å². The van der Waals surface area contributed by atoms with Crippen LogP contribution < -0.4 is 0 Å². The monoisotopic (exact) mass is 162 g/mol. The van der Waals surface area contributed by atoms with Gasteiger partial charge in [-0.05, 0) is 24.7 Å². The molecule has 0 saturated heterocycles. The topological polar surface area (TPSA) is 9.23 Å². The molecule has 1 saturated carbocycles. The minimum atomic E-state index is 0.627. The number of rotatable bonds is 4. The lowest BCUT2D eigenvalue weighted by atomic mass is 9.77. The Bertz CT molecular complexity index is 89.3. The maximum absolute atomic E-state index is 5.45. The predicted octanol–water partition coefficient (Wildman–Crippen LogP) is 2.29. The molecule has 1 aliphatic rings. The van der Waals surface area contributed by atoms with Crippen molar-refractivity contribution in [2.24, 2.45) is 11.8 Å². The number of ether oxygens (including phenoxy) is 1. The van der Waals surface area contributed by atoms with Crippen LogP contribution in [0, 0.1) is 11.8 Å². The van der Waals surface area contributed by atoms with Crippen LogP contribution in [0.1, 0.15) is 19.8 Å². The highest BCUT2D eigenvalue weighted by atomic mass is 35.5. The molecule has 1 fully saturated rings. The van der Waals surface area contributed by atoms with Crippen LogP contribution in [0.5, 0.6) is 0 Å². The Morgan fingerprint density at radius 2 is 2.20 bits per heavy atom. The molecule has 0 aliphatic heterocycles. The summed E-state index contributed by atoms with van der Waals surface area (Å²) < 4.78 is 5.30. The van der Waals surface area contributed by atoms with Crippen molar-refractivity contribution in [3.05, 3.63) is 0 Å². The summed E-state index contributed by atoms with van der Waals surface area (Å²) in [7, 11) is 0. The summed E-state index contributed by atoms with van der Waals surface area (Å²) in [6.45, 7) is 3.93. The summed E-state index contributed by atoms with van der Waals surface area (Å²) >= 11 is 5.45. The van der Waals surface area contributed by atoms with Gasteiger partial charge in [-0.2, -0.15) is 0 Å². The van der Waals surface area contributed by atoms with Gasteiger partial charge in [-0.25, -0.2) is 0 Å². The third kappa shape index (κ3) is 2.47. The van der Waals surface area contributed by atoms with Crippen LogP contribution in [0.15, 0.2) is 0 Å². The molecule has 1 nitrogen and oxygen atoms in total. The van der Waals surface area contributed by atoms with E-state index in [9.17, 15) is 0 Å². The van der Waals surface area contributed by atoms with Gasteiger partial charge in [0.05, 0.1) is 6.61 Å². The molecule has 0 amide bonds. The SMILES string of the molecule is CC1CC(COCCCl)C1. The standard InChI is InChI=1S/C8H15ClO/c1-7-4-8(5-7)6-10-3-2-9/h7-8H,2-6H2,1H3. The van der Waals surface area contributed by atoms with E-state index in [1.54, 1.807) is 0 Å². The Kier molecular flexibility index (Phi) is 3.50. The molecule has 0 aromatic heterocycles. The van der Waals surface area contributed by atoms with Crippen LogP contribution in [0.2, 0.25) is 0 Å². The van der Waals surface area contributed by atoms with E-state index in [4.69, 9.17) is 16.3 Å². The quantitative estimate of drug-likeness (QED) is 0.455. The van der Waals surface area contributed by atoms with Crippen molar-refractivity contribution in [3.8, 4) is 0 Å². The Morgan fingerprint density at radius 3 is 2.70 bits per heavy atom. The summed E-state index contributed by atoms with van der Waals surface area (Å²) in [5.41, 5.74) is 0. The Balaban J connectivity index is 1.86. The third-order valence-electron chi connectivity index (χ3n) is 2.05. The highest BCUT2D eigenvalue weighted by Crippen LogP contribution is 2.32. The van der Waals surface area contributed by atoms with E-state index in [2.05, 4.69) is 6.92 Å². The molecule has 0 aromatic rings. The molecule has 0 radical (unpaired) electrons. The lowest BCUT2D eigenvalue weighted by Crippen LogP contribution is -2.25. The summed E-state index contributed by atoms with van der Waals surface area (Å²) in [4.78, 5) is 0. The fourth-order valence-corrected chi connectivity index (χ4v) is 1.62. The molecule has 0 aromatic carbocycles. The van der Waals surface area contributed by atoms with Gasteiger partial charge < -0.3 is 4.74 Å². The summed E-state index contributed by atoms with van der Waals surface area (Å²) in [6, 6.07) is 0. The van der Waals surface area contributed by atoms with Gasteiger partial charge >= 0.3 is 0 Å².